The van der Waals surface area contributed by atoms with Crippen LogP contribution in [0.25, 0.3) is 0 Å². The van der Waals surface area contributed by atoms with Crippen molar-refractivity contribution in [1.29, 1.82) is 0 Å². The van der Waals surface area contributed by atoms with Crippen molar-refractivity contribution in [3.8, 4) is 0 Å². The Bertz CT molecular complexity index is 443. The zero-order valence-electron chi connectivity index (χ0n) is 13.0. The molecule has 0 aliphatic carbocycles. The van der Waals surface area contributed by atoms with Crippen LogP contribution in [0.1, 0.15) is 39.0 Å². The van der Waals surface area contributed by atoms with Gasteiger partial charge in [0.05, 0.1) is 11.8 Å². The fraction of sp³-hybridized carbons (Fsp3) is 0.800. The molecule has 0 aromatic rings. The number of unbranched alkanes of at least 4 members (excludes halogenated alkanes) is 1. The van der Waals surface area contributed by atoms with Crippen molar-refractivity contribution in [3.63, 3.8) is 0 Å². The molecule has 0 spiro atoms. The molecule has 2 heterocycles. The van der Waals surface area contributed by atoms with E-state index in [0.717, 1.165) is 12.8 Å². The predicted octanol–water partition coefficient (Wildman–Crippen LogP) is 1.40. The van der Waals surface area contributed by atoms with Gasteiger partial charge in [0.2, 0.25) is 11.8 Å². The molecule has 0 bridgehead atoms. The number of amides is 2. The maximum atomic E-state index is 12.7. The zero-order chi connectivity index (χ0) is 16.1. The highest BCUT2D eigenvalue weighted by atomic mass is 32.2. The lowest BCUT2D eigenvalue weighted by molar-refractivity contribution is -0.149. The van der Waals surface area contributed by atoms with E-state index in [1.165, 1.54) is 0 Å². The van der Waals surface area contributed by atoms with Crippen molar-refractivity contribution in [3.05, 3.63) is 0 Å². The lowest BCUT2D eigenvalue weighted by atomic mass is 9.97. The Hall–Kier alpha value is -1.24. The minimum atomic E-state index is -0.839. The van der Waals surface area contributed by atoms with Gasteiger partial charge >= 0.3 is 5.97 Å². The van der Waals surface area contributed by atoms with Crippen molar-refractivity contribution in [2.75, 3.05) is 24.7 Å². The summed E-state index contributed by atoms with van der Waals surface area (Å²) in [5.74, 6) is -0.178. The number of likely N-dealkylation sites (tertiary alicyclic amines) is 1. The summed E-state index contributed by atoms with van der Waals surface area (Å²) in [6.45, 7) is 2.90. The zero-order valence-corrected chi connectivity index (χ0v) is 13.8. The number of rotatable bonds is 5. The highest BCUT2D eigenvalue weighted by molar-refractivity contribution is 7.99. The number of carboxylic acid groups (broad SMARTS) is 1. The Morgan fingerprint density at radius 1 is 1.32 bits per heavy atom. The third-order valence-electron chi connectivity index (χ3n) is 4.31. The maximum absolute atomic E-state index is 12.7. The van der Waals surface area contributed by atoms with E-state index in [2.05, 4.69) is 0 Å². The van der Waals surface area contributed by atoms with Crippen molar-refractivity contribution >= 4 is 29.5 Å². The van der Waals surface area contributed by atoms with E-state index in [-0.39, 0.29) is 18.4 Å². The predicted molar refractivity (Wildman–Crippen MR) is 84.4 cm³/mol. The van der Waals surface area contributed by atoms with E-state index < -0.39 is 17.9 Å². The van der Waals surface area contributed by atoms with Gasteiger partial charge in [-0.05, 0) is 19.3 Å². The Balaban J connectivity index is 1.98. The fourth-order valence-electron chi connectivity index (χ4n) is 2.95. The van der Waals surface area contributed by atoms with Gasteiger partial charge < -0.3 is 14.9 Å². The number of hydrogen-bond acceptors (Lipinski definition) is 4. The Morgan fingerprint density at radius 2 is 2.09 bits per heavy atom. The molecule has 6 nitrogen and oxygen atoms in total. The number of aliphatic carboxylic acids is 1. The topological polar surface area (TPSA) is 77.9 Å². The molecule has 1 N–H and O–H groups in total. The van der Waals surface area contributed by atoms with Crippen LogP contribution in [0.3, 0.4) is 0 Å². The van der Waals surface area contributed by atoms with Crippen LogP contribution in [0.15, 0.2) is 0 Å². The normalized spacial score (nSPS) is 25.3. The van der Waals surface area contributed by atoms with Crippen LogP contribution in [-0.4, -0.2) is 63.5 Å². The standard InChI is InChI=1S/C15H24N2O4S/c1-2-3-6-13(18)17-10-22-9-12(17)14(19)16-7-4-5-11(8-16)15(20)21/h11-12H,2-10H2,1H3,(H,20,21)/t11-,12?/m0/s1. The van der Waals surface area contributed by atoms with E-state index in [1.807, 2.05) is 6.92 Å². The average molecular weight is 328 g/mol. The van der Waals surface area contributed by atoms with Crippen LogP contribution >= 0.6 is 11.8 Å². The summed E-state index contributed by atoms with van der Waals surface area (Å²) < 4.78 is 0. The third-order valence-corrected chi connectivity index (χ3v) is 5.33. The summed E-state index contributed by atoms with van der Waals surface area (Å²) in [6, 6.07) is -0.415. The molecule has 1 unspecified atom stereocenters. The first-order valence-corrected chi connectivity index (χ1v) is 9.08. The summed E-state index contributed by atoms with van der Waals surface area (Å²) in [6.07, 6.45) is 3.62. The summed E-state index contributed by atoms with van der Waals surface area (Å²) in [7, 11) is 0. The molecule has 2 atom stereocenters. The molecule has 0 aromatic heterocycles. The lowest BCUT2D eigenvalue weighted by Crippen LogP contribution is -2.52. The highest BCUT2D eigenvalue weighted by Gasteiger charge is 2.38. The van der Waals surface area contributed by atoms with Crippen LogP contribution in [0, 0.1) is 5.92 Å². The molecule has 22 heavy (non-hydrogen) atoms. The average Bonchev–Trinajstić information content (AvgIpc) is 3.01. The van der Waals surface area contributed by atoms with Crippen LogP contribution in [-0.2, 0) is 14.4 Å². The van der Waals surface area contributed by atoms with Gasteiger partial charge in [-0.1, -0.05) is 13.3 Å². The van der Waals surface area contributed by atoms with Crippen LogP contribution in [0.4, 0.5) is 0 Å². The second-order valence-electron chi connectivity index (χ2n) is 5.94. The molecule has 2 aliphatic heterocycles. The first kappa shape index (κ1) is 17.1. The van der Waals surface area contributed by atoms with E-state index in [0.29, 0.717) is 37.4 Å². The first-order chi connectivity index (χ1) is 10.5. The van der Waals surface area contributed by atoms with Gasteiger partial charge in [-0.3, -0.25) is 14.4 Å². The lowest BCUT2D eigenvalue weighted by Gasteiger charge is -2.34. The quantitative estimate of drug-likeness (QED) is 0.825. The monoisotopic (exact) mass is 328 g/mol. The number of carbonyl (C=O) groups is 3. The minimum absolute atomic E-state index is 0.0389. The third kappa shape index (κ3) is 3.94. The smallest absolute Gasteiger partial charge is 0.308 e. The molecular weight excluding hydrogens is 304 g/mol. The molecule has 2 rings (SSSR count). The summed E-state index contributed by atoms with van der Waals surface area (Å²) in [5.41, 5.74) is 0. The van der Waals surface area contributed by atoms with Crippen LogP contribution < -0.4 is 0 Å². The van der Waals surface area contributed by atoms with Gasteiger partial charge in [-0.15, -0.1) is 11.8 Å². The van der Waals surface area contributed by atoms with Gasteiger partial charge in [0, 0.05) is 25.3 Å². The minimum Gasteiger partial charge on any atom is -0.481 e. The molecule has 0 radical (unpaired) electrons. The van der Waals surface area contributed by atoms with Crippen LogP contribution in [0.5, 0.6) is 0 Å². The maximum Gasteiger partial charge on any atom is 0.308 e. The number of carbonyl (C=O) groups excluding carboxylic acids is 2. The molecule has 2 aliphatic rings. The molecule has 2 amide bonds. The van der Waals surface area contributed by atoms with Gasteiger partial charge in [-0.2, -0.15) is 0 Å². The van der Waals surface area contributed by atoms with Gasteiger partial charge in [0.15, 0.2) is 0 Å². The summed E-state index contributed by atoms with van der Waals surface area (Å²) in [4.78, 5) is 39.3. The summed E-state index contributed by atoms with van der Waals surface area (Å²) in [5, 5.41) is 9.13. The van der Waals surface area contributed by atoms with Crippen molar-refractivity contribution in [1.82, 2.24) is 9.80 Å². The van der Waals surface area contributed by atoms with Gasteiger partial charge in [0.1, 0.15) is 6.04 Å². The van der Waals surface area contributed by atoms with Crippen LogP contribution in [0.2, 0.25) is 0 Å². The SMILES string of the molecule is CCCCC(=O)N1CSCC1C(=O)N1CCC[C@H](C(=O)O)C1. The van der Waals surface area contributed by atoms with E-state index in [1.54, 1.807) is 21.6 Å². The Labute approximate surface area is 135 Å². The highest BCUT2D eigenvalue weighted by Crippen LogP contribution is 2.26. The fourth-order valence-corrected chi connectivity index (χ4v) is 4.13. The van der Waals surface area contributed by atoms with Crippen molar-refractivity contribution < 1.29 is 19.5 Å². The van der Waals surface area contributed by atoms with E-state index in [4.69, 9.17) is 5.11 Å². The first-order valence-electron chi connectivity index (χ1n) is 7.93. The molecule has 0 saturated carbocycles. The van der Waals surface area contributed by atoms with E-state index >= 15 is 0 Å². The molecule has 124 valence electrons. The van der Waals surface area contributed by atoms with Crippen molar-refractivity contribution in [2.24, 2.45) is 5.92 Å². The molecule has 2 fully saturated rings. The molecule has 0 aromatic carbocycles. The molecule has 2 saturated heterocycles. The van der Waals surface area contributed by atoms with Gasteiger partial charge in [0.25, 0.3) is 0 Å². The number of carboxylic acids is 1. The Morgan fingerprint density at radius 3 is 2.77 bits per heavy atom. The number of hydrogen-bond donors (Lipinski definition) is 1. The number of nitrogens with zero attached hydrogens (tertiary/aromatic N) is 2. The number of piperidine rings is 1. The molecule has 7 heteroatoms. The van der Waals surface area contributed by atoms with Gasteiger partial charge in [-0.25, -0.2) is 0 Å². The second-order valence-corrected chi connectivity index (χ2v) is 6.94. The van der Waals surface area contributed by atoms with E-state index in [9.17, 15) is 14.4 Å². The largest absolute Gasteiger partial charge is 0.481 e. The number of thioether (sulfide) groups is 1. The second kappa shape index (κ2) is 7.85. The molecular formula is C15H24N2O4S. The Kier molecular flexibility index (Phi) is 6.11. The van der Waals surface area contributed by atoms with Crippen molar-refractivity contribution in [2.45, 2.75) is 45.1 Å². The summed E-state index contributed by atoms with van der Waals surface area (Å²) >= 11 is 1.59.